The van der Waals surface area contributed by atoms with Crippen molar-refractivity contribution in [2.75, 3.05) is 13.1 Å². The molecule has 1 aliphatic heterocycles. The quantitative estimate of drug-likeness (QED) is 0.729. The highest BCUT2D eigenvalue weighted by Crippen LogP contribution is 2.26. The number of carbonyl (C=O) groups is 1. The number of carbonyl (C=O) groups excluding carboxylic acids is 1. The van der Waals surface area contributed by atoms with Gasteiger partial charge in [0.2, 0.25) is 0 Å². The van der Waals surface area contributed by atoms with Crippen LogP contribution in [0.2, 0.25) is 0 Å². The first-order chi connectivity index (χ1) is 7.70. The van der Waals surface area contributed by atoms with E-state index in [0.717, 1.165) is 6.42 Å². The Labute approximate surface area is 107 Å². The molecule has 2 atom stereocenters. The molecule has 0 spiro atoms. The molecule has 1 fully saturated rings. The van der Waals surface area contributed by atoms with Crippen molar-refractivity contribution in [1.82, 2.24) is 4.90 Å². The van der Waals surface area contributed by atoms with Gasteiger partial charge in [0, 0.05) is 19.3 Å². The van der Waals surface area contributed by atoms with Crippen LogP contribution in [-0.4, -0.2) is 29.9 Å². The largest absolute Gasteiger partial charge is 0.455 e. The summed E-state index contributed by atoms with van der Waals surface area (Å²) in [5.74, 6) is -0.976. The van der Waals surface area contributed by atoms with Gasteiger partial charge in [0.15, 0.2) is 0 Å². The molecule has 0 bridgehead atoms. The van der Waals surface area contributed by atoms with Crippen molar-refractivity contribution in [3.63, 3.8) is 0 Å². The predicted molar refractivity (Wildman–Crippen MR) is 62.6 cm³/mol. The minimum atomic E-state index is -4.82. The molecular weight excluding hydrogens is 299 g/mol. The van der Waals surface area contributed by atoms with E-state index in [1.165, 1.54) is 6.20 Å². The van der Waals surface area contributed by atoms with Crippen LogP contribution in [0, 0.1) is 11.8 Å². The first-order valence-electron chi connectivity index (χ1n) is 5.43. The lowest BCUT2D eigenvalue weighted by molar-refractivity contribution is -0.165. The van der Waals surface area contributed by atoms with Gasteiger partial charge in [-0.25, -0.2) is 0 Å². The molecule has 98 valence electrons. The summed E-state index contributed by atoms with van der Waals surface area (Å²) in [5, 5.41) is 0. The number of Topliss-reactive ketones (excluding diaryl/α,β-unsaturated/α-hetero) is 1. The molecule has 0 N–H and O–H groups in total. The SMILES string of the molecule is C[C@H]1C[C@H](C)CN(/C=C(\Br)C(=O)C(F)(F)F)C1. The molecular formula is C11H15BrF3NO. The van der Waals surface area contributed by atoms with E-state index >= 15 is 0 Å². The Morgan fingerprint density at radius 1 is 1.29 bits per heavy atom. The number of nitrogens with zero attached hydrogens (tertiary/aromatic N) is 1. The van der Waals surface area contributed by atoms with Crippen molar-refractivity contribution in [3.05, 3.63) is 10.7 Å². The molecule has 0 saturated carbocycles. The van der Waals surface area contributed by atoms with Crippen LogP contribution < -0.4 is 0 Å². The molecule has 0 aliphatic carbocycles. The van der Waals surface area contributed by atoms with Crippen LogP contribution in [0.5, 0.6) is 0 Å². The highest BCUT2D eigenvalue weighted by Gasteiger charge is 2.40. The van der Waals surface area contributed by atoms with Crippen molar-refractivity contribution in [2.45, 2.75) is 26.4 Å². The monoisotopic (exact) mass is 313 g/mol. The van der Waals surface area contributed by atoms with Crippen molar-refractivity contribution in [3.8, 4) is 0 Å². The Morgan fingerprint density at radius 2 is 1.76 bits per heavy atom. The fraction of sp³-hybridized carbons (Fsp3) is 0.727. The summed E-state index contributed by atoms with van der Waals surface area (Å²) in [6.45, 7) is 5.47. The molecule has 1 aliphatic rings. The number of piperidine rings is 1. The summed E-state index contributed by atoms with van der Waals surface area (Å²) in [5.41, 5.74) is 0. The topological polar surface area (TPSA) is 20.3 Å². The molecule has 17 heavy (non-hydrogen) atoms. The number of halogens is 4. The number of alkyl halides is 3. The van der Waals surface area contributed by atoms with Gasteiger partial charge in [-0.05, 0) is 34.2 Å². The van der Waals surface area contributed by atoms with Gasteiger partial charge in [0.25, 0.3) is 5.78 Å². The Hall–Kier alpha value is -0.520. The average molecular weight is 314 g/mol. The van der Waals surface area contributed by atoms with Gasteiger partial charge in [-0.3, -0.25) is 4.79 Å². The summed E-state index contributed by atoms with van der Waals surface area (Å²) in [7, 11) is 0. The van der Waals surface area contributed by atoms with Crippen molar-refractivity contribution < 1.29 is 18.0 Å². The second kappa shape index (κ2) is 5.42. The van der Waals surface area contributed by atoms with E-state index in [0.29, 0.717) is 24.9 Å². The number of allylic oxidation sites excluding steroid dienone is 1. The van der Waals surface area contributed by atoms with Gasteiger partial charge in [0.05, 0.1) is 4.48 Å². The molecule has 0 radical (unpaired) electrons. The van der Waals surface area contributed by atoms with E-state index in [-0.39, 0.29) is 0 Å². The van der Waals surface area contributed by atoms with Gasteiger partial charge in [-0.1, -0.05) is 13.8 Å². The Morgan fingerprint density at radius 3 is 2.18 bits per heavy atom. The molecule has 0 unspecified atom stereocenters. The van der Waals surface area contributed by atoms with E-state index in [1.807, 2.05) is 0 Å². The number of rotatable bonds is 2. The van der Waals surface area contributed by atoms with Crippen LogP contribution in [-0.2, 0) is 4.79 Å². The maximum absolute atomic E-state index is 12.2. The molecule has 6 heteroatoms. The molecule has 1 heterocycles. The van der Waals surface area contributed by atoms with Gasteiger partial charge >= 0.3 is 6.18 Å². The number of ketones is 1. The third-order valence-electron chi connectivity index (χ3n) is 2.67. The molecule has 2 nitrogen and oxygen atoms in total. The van der Waals surface area contributed by atoms with Crippen LogP contribution in [0.15, 0.2) is 10.7 Å². The first-order valence-corrected chi connectivity index (χ1v) is 6.22. The number of likely N-dealkylation sites (tertiary alicyclic amines) is 1. The molecule has 0 amide bonds. The summed E-state index contributed by atoms with van der Waals surface area (Å²) in [6, 6.07) is 0. The van der Waals surface area contributed by atoms with Gasteiger partial charge in [0.1, 0.15) is 0 Å². The second-order valence-corrected chi connectivity index (χ2v) is 5.56. The maximum Gasteiger partial charge on any atom is 0.455 e. The lowest BCUT2D eigenvalue weighted by Crippen LogP contribution is -2.35. The van der Waals surface area contributed by atoms with Crippen molar-refractivity contribution in [1.29, 1.82) is 0 Å². The zero-order valence-electron chi connectivity index (χ0n) is 9.72. The summed E-state index contributed by atoms with van der Waals surface area (Å²) < 4.78 is 36.1. The predicted octanol–water partition coefficient (Wildman–Crippen LogP) is 3.33. The lowest BCUT2D eigenvalue weighted by Gasteiger charge is -2.34. The first kappa shape index (κ1) is 14.5. The van der Waals surface area contributed by atoms with E-state index in [1.54, 1.807) is 4.90 Å². The summed E-state index contributed by atoms with van der Waals surface area (Å²) >= 11 is 2.70. The number of hydrogen-bond donors (Lipinski definition) is 0. The number of hydrogen-bond acceptors (Lipinski definition) is 2. The fourth-order valence-corrected chi connectivity index (χ4v) is 2.69. The van der Waals surface area contributed by atoms with E-state index < -0.39 is 16.4 Å². The van der Waals surface area contributed by atoms with Gasteiger partial charge < -0.3 is 4.90 Å². The second-order valence-electron chi connectivity index (χ2n) is 4.70. The van der Waals surface area contributed by atoms with Crippen LogP contribution in [0.1, 0.15) is 20.3 Å². The van der Waals surface area contributed by atoms with E-state index in [4.69, 9.17) is 0 Å². The Balaban J connectivity index is 2.71. The molecule has 1 saturated heterocycles. The zero-order chi connectivity index (χ0) is 13.2. The van der Waals surface area contributed by atoms with Crippen LogP contribution in [0.25, 0.3) is 0 Å². The average Bonchev–Trinajstić information content (AvgIpc) is 2.13. The van der Waals surface area contributed by atoms with E-state index in [9.17, 15) is 18.0 Å². The molecule has 0 aromatic heterocycles. The lowest BCUT2D eigenvalue weighted by atomic mass is 9.92. The van der Waals surface area contributed by atoms with E-state index in [2.05, 4.69) is 29.8 Å². The fourth-order valence-electron chi connectivity index (χ4n) is 2.17. The Bertz CT molecular complexity index is 317. The molecule has 0 aromatic rings. The molecule has 0 aromatic carbocycles. The van der Waals surface area contributed by atoms with Crippen molar-refractivity contribution >= 4 is 21.7 Å². The standard InChI is InChI=1S/C11H15BrF3NO/c1-7-3-8(2)5-16(4-7)6-9(12)10(17)11(13,14)15/h6-8H,3-5H2,1-2H3/b9-6-/t7-,8-/m0/s1. The van der Waals surface area contributed by atoms with Crippen LogP contribution in [0.4, 0.5) is 13.2 Å². The van der Waals surface area contributed by atoms with Crippen molar-refractivity contribution in [2.24, 2.45) is 11.8 Å². The van der Waals surface area contributed by atoms with Crippen LogP contribution >= 0.6 is 15.9 Å². The normalized spacial score (nSPS) is 27.2. The summed E-state index contributed by atoms with van der Waals surface area (Å²) in [6.07, 6.45) is -2.49. The van der Waals surface area contributed by atoms with Gasteiger partial charge in [-0.2, -0.15) is 13.2 Å². The summed E-state index contributed by atoms with van der Waals surface area (Å²) in [4.78, 5) is 12.7. The van der Waals surface area contributed by atoms with Gasteiger partial charge in [-0.15, -0.1) is 0 Å². The third-order valence-corrected chi connectivity index (χ3v) is 3.23. The maximum atomic E-state index is 12.2. The minimum absolute atomic E-state index is 0.425. The Kier molecular flexibility index (Phi) is 4.63. The molecule has 1 rings (SSSR count). The highest BCUT2D eigenvalue weighted by atomic mass is 79.9. The third kappa shape index (κ3) is 4.33. The highest BCUT2D eigenvalue weighted by molar-refractivity contribution is 9.12. The minimum Gasteiger partial charge on any atom is -0.376 e. The van der Waals surface area contributed by atoms with Crippen LogP contribution in [0.3, 0.4) is 0 Å². The smallest absolute Gasteiger partial charge is 0.376 e. The zero-order valence-corrected chi connectivity index (χ0v) is 11.3.